The van der Waals surface area contributed by atoms with Gasteiger partial charge in [0.15, 0.2) is 5.78 Å². The minimum Gasteiger partial charge on any atom is -0.468 e. The predicted octanol–water partition coefficient (Wildman–Crippen LogP) is 2.80. The number of nitrogens with zero attached hydrogens (tertiary/aromatic N) is 1. The summed E-state index contributed by atoms with van der Waals surface area (Å²) in [7, 11) is 1.40. The number of H-pyrrole nitrogens is 1. The SMILES string of the molecule is CCOC(=O)c1c(C)[nH]c(C(=O)CN2C(C(=O)OC)CC3CCCCC32)c1C. The van der Waals surface area contributed by atoms with Crippen molar-refractivity contribution in [3.8, 4) is 0 Å². The highest BCUT2D eigenvalue weighted by Gasteiger charge is 2.46. The molecule has 1 aromatic heterocycles. The van der Waals surface area contributed by atoms with Gasteiger partial charge < -0.3 is 14.5 Å². The number of likely N-dealkylation sites (tertiary alicyclic amines) is 1. The van der Waals surface area contributed by atoms with Crippen molar-refractivity contribution >= 4 is 17.7 Å². The smallest absolute Gasteiger partial charge is 0.340 e. The van der Waals surface area contributed by atoms with Gasteiger partial charge in [0.05, 0.1) is 31.5 Å². The van der Waals surface area contributed by atoms with Crippen molar-refractivity contribution < 1.29 is 23.9 Å². The Hall–Kier alpha value is -2.15. The first-order valence-corrected chi connectivity index (χ1v) is 10.1. The summed E-state index contributed by atoms with van der Waals surface area (Å²) in [4.78, 5) is 42.7. The zero-order valence-electron chi connectivity index (χ0n) is 17.2. The van der Waals surface area contributed by atoms with Crippen LogP contribution >= 0.6 is 0 Å². The van der Waals surface area contributed by atoms with Gasteiger partial charge in [-0.05, 0) is 51.5 Å². The Morgan fingerprint density at radius 1 is 1.18 bits per heavy atom. The van der Waals surface area contributed by atoms with Crippen LogP contribution in [0.4, 0.5) is 0 Å². The van der Waals surface area contributed by atoms with Gasteiger partial charge in [0, 0.05) is 11.7 Å². The molecule has 154 valence electrons. The van der Waals surface area contributed by atoms with Crippen molar-refractivity contribution in [2.45, 2.75) is 65.0 Å². The molecule has 2 heterocycles. The number of aromatic nitrogens is 1. The molecular weight excluding hydrogens is 360 g/mol. The second-order valence-corrected chi connectivity index (χ2v) is 7.83. The molecule has 3 atom stereocenters. The number of aromatic amines is 1. The van der Waals surface area contributed by atoms with Crippen LogP contribution in [0.15, 0.2) is 0 Å². The highest BCUT2D eigenvalue weighted by Crippen LogP contribution is 2.40. The zero-order chi connectivity index (χ0) is 20.4. The lowest BCUT2D eigenvalue weighted by Gasteiger charge is -2.32. The van der Waals surface area contributed by atoms with Crippen LogP contribution in [-0.4, -0.2) is 60.0 Å². The van der Waals surface area contributed by atoms with Gasteiger partial charge in [0.25, 0.3) is 0 Å². The molecule has 28 heavy (non-hydrogen) atoms. The van der Waals surface area contributed by atoms with E-state index in [1.54, 1.807) is 20.8 Å². The molecule has 1 aliphatic heterocycles. The maximum absolute atomic E-state index is 13.1. The highest BCUT2D eigenvalue weighted by molar-refractivity contribution is 6.02. The summed E-state index contributed by atoms with van der Waals surface area (Å²) in [6.45, 7) is 5.70. The van der Waals surface area contributed by atoms with Crippen LogP contribution in [0, 0.1) is 19.8 Å². The number of carbonyl (C=O) groups excluding carboxylic acids is 3. The van der Waals surface area contributed by atoms with Crippen LogP contribution in [0.25, 0.3) is 0 Å². The number of ketones is 1. The Morgan fingerprint density at radius 2 is 1.89 bits per heavy atom. The third kappa shape index (κ3) is 3.72. The molecule has 0 bridgehead atoms. The van der Waals surface area contributed by atoms with Crippen molar-refractivity contribution in [2.75, 3.05) is 20.3 Å². The highest BCUT2D eigenvalue weighted by atomic mass is 16.5. The van der Waals surface area contributed by atoms with Gasteiger partial charge in [-0.15, -0.1) is 0 Å². The van der Waals surface area contributed by atoms with E-state index < -0.39 is 5.97 Å². The second-order valence-electron chi connectivity index (χ2n) is 7.83. The Morgan fingerprint density at radius 3 is 2.57 bits per heavy atom. The lowest BCUT2D eigenvalue weighted by molar-refractivity contribution is -0.146. The molecule has 1 saturated carbocycles. The summed E-state index contributed by atoms with van der Waals surface area (Å²) in [6, 6.07) is -0.134. The Balaban J connectivity index is 1.83. The van der Waals surface area contributed by atoms with Crippen molar-refractivity contribution in [3.05, 3.63) is 22.5 Å². The van der Waals surface area contributed by atoms with Crippen LogP contribution in [0.3, 0.4) is 0 Å². The molecule has 1 aliphatic carbocycles. The number of nitrogens with one attached hydrogen (secondary N) is 1. The van der Waals surface area contributed by atoms with E-state index in [2.05, 4.69) is 4.98 Å². The van der Waals surface area contributed by atoms with Gasteiger partial charge in [-0.1, -0.05) is 12.8 Å². The number of esters is 2. The normalized spacial score (nSPS) is 24.6. The van der Waals surface area contributed by atoms with Crippen LogP contribution in [0.5, 0.6) is 0 Å². The van der Waals surface area contributed by atoms with E-state index in [1.807, 2.05) is 4.90 Å². The number of hydrogen-bond donors (Lipinski definition) is 1. The number of methoxy groups -OCH3 is 1. The first kappa shape index (κ1) is 20.6. The maximum Gasteiger partial charge on any atom is 0.340 e. The standard InChI is InChI=1S/C21H30N2O5/c1-5-28-21(26)18-12(2)19(22-13(18)3)17(24)11-23-15-9-7-6-8-14(15)10-16(23)20(25)27-4/h14-16,22H,5-11H2,1-4H3. The van der Waals surface area contributed by atoms with Crippen LogP contribution in [-0.2, 0) is 14.3 Å². The van der Waals surface area contributed by atoms with Crippen LogP contribution in [0.1, 0.15) is 71.1 Å². The third-order valence-electron chi connectivity index (χ3n) is 6.22. The van der Waals surface area contributed by atoms with E-state index in [4.69, 9.17) is 9.47 Å². The van der Waals surface area contributed by atoms with Crippen LogP contribution in [0.2, 0.25) is 0 Å². The predicted molar refractivity (Wildman–Crippen MR) is 103 cm³/mol. The molecule has 3 unspecified atom stereocenters. The number of rotatable bonds is 6. The molecule has 3 rings (SSSR count). The summed E-state index contributed by atoms with van der Waals surface area (Å²) >= 11 is 0. The average Bonchev–Trinajstić information content (AvgIpc) is 3.18. The van der Waals surface area contributed by atoms with E-state index in [0.717, 1.165) is 25.7 Å². The third-order valence-corrected chi connectivity index (χ3v) is 6.22. The van der Waals surface area contributed by atoms with E-state index in [0.29, 0.717) is 28.4 Å². The molecule has 7 nitrogen and oxygen atoms in total. The zero-order valence-corrected chi connectivity index (χ0v) is 17.2. The van der Waals surface area contributed by atoms with Crippen molar-refractivity contribution in [3.63, 3.8) is 0 Å². The van der Waals surface area contributed by atoms with Gasteiger partial charge in [-0.2, -0.15) is 0 Å². The number of ether oxygens (including phenoxy) is 2. The minimum absolute atomic E-state index is 0.115. The molecule has 1 aromatic rings. The fraction of sp³-hybridized carbons (Fsp3) is 0.667. The van der Waals surface area contributed by atoms with Crippen molar-refractivity contribution in [1.82, 2.24) is 9.88 Å². The number of aryl methyl sites for hydroxylation is 1. The minimum atomic E-state index is -0.422. The number of Topliss-reactive ketones (excluding diaryl/α,β-unsaturated/α-hetero) is 1. The quantitative estimate of drug-likeness (QED) is 0.593. The maximum atomic E-state index is 13.1. The first-order chi connectivity index (χ1) is 13.4. The molecule has 2 aliphatic rings. The Labute approximate surface area is 165 Å². The summed E-state index contributed by atoms with van der Waals surface area (Å²) in [5.41, 5.74) is 2.07. The van der Waals surface area contributed by atoms with Crippen LogP contribution < -0.4 is 0 Å². The van der Waals surface area contributed by atoms with Gasteiger partial charge in [-0.25, -0.2) is 4.79 Å². The monoisotopic (exact) mass is 390 g/mol. The van der Waals surface area contributed by atoms with Gasteiger partial charge in [0.1, 0.15) is 6.04 Å². The Bertz CT molecular complexity index is 769. The van der Waals surface area contributed by atoms with E-state index in [-0.39, 0.29) is 37.0 Å². The second kappa shape index (κ2) is 8.47. The number of carbonyl (C=O) groups is 3. The fourth-order valence-electron chi connectivity index (χ4n) is 4.93. The van der Waals surface area contributed by atoms with E-state index >= 15 is 0 Å². The molecule has 0 aromatic carbocycles. The molecule has 0 radical (unpaired) electrons. The average molecular weight is 390 g/mol. The molecular formula is C21H30N2O5. The number of hydrogen-bond acceptors (Lipinski definition) is 6. The lowest BCUT2D eigenvalue weighted by atomic mass is 9.84. The van der Waals surface area contributed by atoms with Crippen molar-refractivity contribution in [1.29, 1.82) is 0 Å². The molecule has 0 spiro atoms. The van der Waals surface area contributed by atoms with E-state index in [1.165, 1.54) is 13.5 Å². The van der Waals surface area contributed by atoms with Gasteiger partial charge >= 0.3 is 11.9 Å². The fourth-order valence-corrected chi connectivity index (χ4v) is 4.93. The van der Waals surface area contributed by atoms with Gasteiger partial charge in [0.2, 0.25) is 0 Å². The summed E-state index contributed by atoms with van der Waals surface area (Å²) < 4.78 is 10.1. The molecule has 0 amide bonds. The summed E-state index contributed by atoms with van der Waals surface area (Å²) in [5.74, 6) is -0.369. The molecule has 1 N–H and O–H groups in total. The largest absolute Gasteiger partial charge is 0.468 e. The Kier molecular flexibility index (Phi) is 6.23. The van der Waals surface area contributed by atoms with E-state index in [9.17, 15) is 14.4 Å². The number of fused-ring (bicyclic) bond motifs is 1. The first-order valence-electron chi connectivity index (χ1n) is 10.1. The molecule has 7 heteroatoms. The molecule has 2 fully saturated rings. The summed E-state index contributed by atoms with van der Waals surface area (Å²) in [5, 5.41) is 0. The summed E-state index contributed by atoms with van der Waals surface area (Å²) in [6.07, 6.45) is 5.14. The lowest BCUT2D eigenvalue weighted by Crippen LogP contribution is -2.45. The topological polar surface area (TPSA) is 88.7 Å². The van der Waals surface area contributed by atoms with Crippen molar-refractivity contribution in [2.24, 2.45) is 5.92 Å². The molecule has 1 saturated heterocycles. The van der Waals surface area contributed by atoms with Gasteiger partial charge in [-0.3, -0.25) is 14.5 Å².